The quantitative estimate of drug-likeness (QED) is 0.439. The number of allylic oxidation sites excluding steroid dienone is 2. The predicted octanol–water partition coefficient (Wildman–Crippen LogP) is 6.77. The van der Waals surface area contributed by atoms with E-state index in [4.69, 9.17) is 11.6 Å². The summed E-state index contributed by atoms with van der Waals surface area (Å²) in [6, 6.07) is 10.9. The minimum absolute atomic E-state index is 0.366. The Morgan fingerprint density at radius 1 is 1.22 bits per heavy atom. The van der Waals surface area contributed by atoms with Gasteiger partial charge in [0.1, 0.15) is 0 Å². The minimum Gasteiger partial charge on any atom is -0.300 e. The van der Waals surface area contributed by atoms with Crippen molar-refractivity contribution in [1.29, 1.82) is 0 Å². The molecular formula is C22H23ClN2S2. The second-order valence-electron chi connectivity index (χ2n) is 6.50. The first-order valence-corrected chi connectivity index (χ1v) is 10.8. The van der Waals surface area contributed by atoms with E-state index in [1.54, 1.807) is 34.8 Å². The number of aromatic nitrogens is 1. The molecule has 140 valence electrons. The van der Waals surface area contributed by atoms with Crippen molar-refractivity contribution >= 4 is 34.3 Å². The van der Waals surface area contributed by atoms with Gasteiger partial charge in [-0.15, -0.1) is 22.7 Å². The molecule has 2 aromatic heterocycles. The number of hydrogen-bond acceptors (Lipinski definition) is 4. The Labute approximate surface area is 174 Å². The third-order valence-corrected chi connectivity index (χ3v) is 6.81. The molecule has 2 nitrogen and oxygen atoms in total. The van der Waals surface area contributed by atoms with Gasteiger partial charge in [-0.25, -0.2) is 4.98 Å². The van der Waals surface area contributed by atoms with Gasteiger partial charge in [-0.3, -0.25) is 0 Å². The normalized spacial score (nSPS) is 16.2. The van der Waals surface area contributed by atoms with Crippen LogP contribution < -0.4 is 0 Å². The van der Waals surface area contributed by atoms with Gasteiger partial charge >= 0.3 is 0 Å². The largest absolute Gasteiger partial charge is 0.300 e. The van der Waals surface area contributed by atoms with Gasteiger partial charge in [-0.05, 0) is 36.7 Å². The molecule has 0 bridgehead atoms. The van der Waals surface area contributed by atoms with E-state index in [0.29, 0.717) is 5.92 Å². The van der Waals surface area contributed by atoms with Crippen LogP contribution in [-0.4, -0.2) is 23.5 Å². The molecule has 4 rings (SSSR count). The number of thiazole rings is 1. The molecular weight excluding hydrogens is 392 g/mol. The Bertz CT molecular complexity index is 935. The van der Waals surface area contributed by atoms with E-state index < -0.39 is 0 Å². The van der Waals surface area contributed by atoms with E-state index in [-0.39, 0.29) is 0 Å². The van der Waals surface area contributed by atoms with Crippen LogP contribution in [-0.2, 0) is 6.54 Å². The van der Waals surface area contributed by atoms with Crippen LogP contribution in [0.25, 0.3) is 10.4 Å². The van der Waals surface area contributed by atoms with E-state index >= 15 is 0 Å². The topological polar surface area (TPSA) is 16.1 Å². The summed E-state index contributed by atoms with van der Waals surface area (Å²) < 4.78 is 0.891. The van der Waals surface area contributed by atoms with Crippen molar-refractivity contribution in [2.45, 2.75) is 19.4 Å². The molecule has 0 aliphatic carbocycles. The van der Waals surface area contributed by atoms with Crippen LogP contribution in [0.3, 0.4) is 0 Å². The lowest BCUT2D eigenvalue weighted by Crippen LogP contribution is -2.30. The molecule has 5 heteroatoms. The lowest BCUT2D eigenvalue weighted by molar-refractivity contribution is 0.299. The maximum absolute atomic E-state index is 6.31. The van der Waals surface area contributed by atoms with Crippen molar-refractivity contribution < 1.29 is 0 Å². The Morgan fingerprint density at radius 2 is 1.96 bits per heavy atom. The smallest absolute Gasteiger partial charge is 0.0934 e. The van der Waals surface area contributed by atoms with Crippen molar-refractivity contribution in [3.05, 3.63) is 87.2 Å². The average molecular weight is 415 g/mol. The van der Waals surface area contributed by atoms with Crippen molar-refractivity contribution in [3.8, 4) is 10.4 Å². The highest BCUT2D eigenvalue weighted by Gasteiger charge is 2.29. The van der Waals surface area contributed by atoms with Crippen LogP contribution in [0.4, 0.5) is 0 Å². The van der Waals surface area contributed by atoms with E-state index in [1.165, 1.54) is 26.4 Å². The van der Waals surface area contributed by atoms with Crippen molar-refractivity contribution in [2.75, 3.05) is 13.6 Å². The monoisotopic (exact) mass is 414 g/mol. The average Bonchev–Trinajstić information content (AvgIpc) is 3.25. The van der Waals surface area contributed by atoms with Gasteiger partial charge in [0.25, 0.3) is 0 Å². The SMILES string of the molecule is C=CC=C.Cc1ncsc1-c1ccccc1C1CN(C)Cc2sc(Cl)cc21. The van der Waals surface area contributed by atoms with Crippen molar-refractivity contribution in [3.63, 3.8) is 0 Å². The number of halogens is 1. The van der Waals surface area contributed by atoms with Crippen LogP contribution in [0.15, 0.2) is 61.2 Å². The summed E-state index contributed by atoms with van der Waals surface area (Å²) in [4.78, 5) is 9.48. The van der Waals surface area contributed by atoms with Gasteiger partial charge in [0.15, 0.2) is 0 Å². The Kier molecular flexibility index (Phi) is 6.66. The van der Waals surface area contributed by atoms with Crippen LogP contribution >= 0.6 is 34.3 Å². The third kappa shape index (κ3) is 4.41. The summed E-state index contributed by atoms with van der Waals surface area (Å²) in [5.74, 6) is 0.366. The fraction of sp³-hybridized carbons (Fsp3) is 0.227. The van der Waals surface area contributed by atoms with Gasteiger partial charge in [0, 0.05) is 23.9 Å². The maximum Gasteiger partial charge on any atom is 0.0934 e. The zero-order chi connectivity index (χ0) is 19.4. The molecule has 0 amide bonds. The second-order valence-corrected chi connectivity index (χ2v) is 9.13. The first-order chi connectivity index (χ1) is 13.0. The summed E-state index contributed by atoms with van der Waals surface area (Å²) in [6.45, 7) is 10.8. The summed E-state index contributed by atoms with van der Waals surface area (Å²) in [7, 11) is 2.18. The standard InChI is InChI=1S/C18H17ClN2S2.C4H6/c1-11-18(22-10-20-11)13-6-4-3-5-12(13)15-8-21(2)9-16-14(15)7-17(19)23-16;1-3-4-2/h3-7,10,15H,8-9H2,1-2H3;3-4H,1-2H2. The number of hydrogen-bond donors (Lipinski definition) is 0. The zero-order valence-corrected chi connectivity index (χ0v) is 18.0. The highest BCUT2D eigenvalue weighted by Crippen LogP contribution is 2.43. The number of fused-ring (bicyclic) bond motifs is 1. The summed E-state index contributed by atoms with van der Waals surface area (Å²) in [6.07, 6.45) is 3.28. The fourth-order valence-corrected chi connectivity index (χ4v) is 5.66. The van der Waals surface area contributed by atoms with Gasteiger partial charge < -0.3 is 4.90 Å². The Morgan fingerprint density at radius 3 is 2.63 bits per heavy atom. The molecule has 0 spiro atoms. The van der Waals surface area contributed by atoms with Crippen molar-refractivity contribution in [1.82, 2.24) is 9.88 Å². The number of aryl methyl sites for hydroxylation is 1. The molecule has 1 atom stereocenters. The lowest BCUT2D eigenvalue weighted by Gasteiger charge is -2.31. The molecule has 1 unspecified atom stereocenters. The molecule has 27 heavy (non-hydrogen) atoms. The molecule has 0 saturated heterocycles. The molecule has 0 N–H and O–H groups in total. The third-order valence-electron chi connectivity index (χ3n) is 4.59. The highest BCUT2D eigenvalue weighted by molar-refractivity contribution is 7.16. The molecule has 3 aromatic rings. The summed E-state index contributed by atoms with van der Waals surface area (Å²) in [5.41, 5.74) is 7.12. The van der Waals surface area contributed by atoms with E-state index in [1.807, 2.05) is 5.51 Å². The zero-order valence-electron chi connectivity index (χ0n) is 15.6. The number of rotatable bonds is 3. The van der Waals surface area contributed by atoms with E-state index in [0.717, 1.165) is 23.1 Å². The predicted molar refractivity (Wildman–Crippen MR) is 120 cm³/mol. The fourth-order valence-electron chi connectivity index (χ4n) is 3.38. The minimum atomic E-state index is 0.366. The number of nitrogens with zero attached hydrogens (tertiary/aromatic N) is 2. The second kappa shape index (κ2) is 8.98. The Hall–Kier alpha value is -1.72. The summed E-state index contributed by atoms with van der Waals surface area (Å²) >= 11 is 9.74. The first kappa shape index (κ1) is 20.0. The first-order valence-electron chi connectivity index (χ1n) is 8.74. The molecule has 1 aliphatic rings. The van der Waals surface area contributed by atoms with E-state index in [2.05, 4.69) is 67.3 Å². The molecule has 0 fully saturated rings. The van der Waals surface area contributed by atoms with Crippen LogP contribution in [0.5, 0.6) is 0 Å². The maximum atomic E-state index is 6.31. The van der Waals surface area contributed by atoms with Crippen LogP contribution in [0.2, 0.25) is 4.34 Å². The van der Waals surface area contributed by atoms with Gasteiger partial charge in [-0.1, -0.05) is 61.2 Å². The van der Waals surface area contributed by atoms with Gasteiger partial charge in [0.05, 0.1) is 20.4 Å². The lowest BCUT2D eigenvalue weighted by atomic mass is 9.85. The molecule has 0 radical (unpaired) electrons. The Balaban J connectivity index is 0.000000481. The molecule has 0 saturated carbocycles. The number of thiophene rings is 1. The van der Waals surface area contributed by atoms with Crippen molar-refractivity contribution in [2.24, 2.45) is 0 Å². The molecule has 3 heterocycles. The number of likely N-dealkylation sites (N-methyl/N-ethyl adjacent to an activating group) is 1. The summed E-state index contributed by atoms with van der Waals surface area (Å²) in [5, 5.41) is 0. The number of benzene rings is 1. The van der Waals surface area contributed by atoms with Crippen LogP contribution in [0.1, 0.15) is 27.6 Å². The highest BCUT2D eigenvalue weighted by atomic mass is 35.5. The van der Waals surface area contributed by atoms with Gasteiger partial charge in [0.2, 0.25) is 0 Å². The molecule has 1 aliphatic heterocycles. The molecule has 1 aromatic carbocycles. The van der Waals surface area contributed by atoms with Crippen LogP contribution in [0, 0.1) is 6.92 Å². The van der Waals surface area contributed by atoms with E-state index in [9.17, 15) is 0 Å². The van der Waals surface area contributed by atoms with Gasteiger partial charge in [-0.2, -0.15) is 0 Å².